The highest BCUT2D eigenvalue weighted by atomic mass is 15.7. The molecule has 1 aliphatic heterocycles. The molecular weight excluding hydrogens is 228 g/mol. The Morgan fingerprint density at radius 2 is 1.17 bits per heavy atom. The highest BCUT2D eigenvalue weighted by molar-refractivity contribution is 6.52. The normalized spacial score (nSPS) is 14.0. The molecule has 0 aromatic carbocycles. The fourth-order valence-electron chi connectivity index (χ4n) is 1.63. The predicted octanol–water partition coefficient (Wildman–Crippen LogP) is 0.693. The lowest BCUT2D eigenvalue weighted by Gasteiger charge is -2.14. The number of hydrogen-bond acceptors (Lipinski definition) is 6. The number of nitrogens with one attached hydrogen (secondary N) is 2. The van der Waals surface area contributed by atoms with E-state index in [9.17, 15) is 0 Å². The Labute approximate surface area is 103 Å². The minimum atomic E-state index is 0.660. The number of rotatable bonds is 2. The van der Waals surface area contributed by atoms with Crippen LogP contribution in [0.5, 0.6) is 0 Å². The van der Waals surface area contributed by atoms with E-state index in [1.165, 1.54) is 0 Å². The number of hydrazone groups is 2. The summed E-state index contributed by atoms with van der Waals surface area (Å²) in [6, 6.07) is 11.3. The van der Waals surface area contributed by atoms with E-state index in [0.29, 0.717) is 11.4 Å². The van der Waals surface area contributed by atoms with Gasteiger partial charge in [0.15, 0.2) is 0 Å². The van der Waals surface area contributed by atoms with Gasteiger partial charge in [-0.3, -0.25) is 9.97 Å². The first-order valence-corrected chi connectivity index (χ1v) is 5.44. The Morgan fingerprint density at radius 3 is 1.56 bits per heavy atom. The van der Waals surface area contributed by atoms with Crippen LogP contribution in [0.25, 0.3) is 0 Å². The summed E-state index contributed by atoms with van der Waals surface area (Å²) < 4.78 is 0. The predicted molar refractivity (Wildman–Crippen MR) is 67.8 cm³/mol. The standard InChI is InChI=1S/C12H10N6/c1-3-7-13-9(5-1)11-12(16-18-17-15-11)10-6-2-4-8-14-10/h1-8,17-18H. The molecule has 3 rings (SSSR count). The molecule has 1 aliphatic rings. The van der Waals surface area contributed by atoms with Gasteiger partial charge in [0.1, 0.15) is 11.4 Å². The van der Waals surface area contributed by atoms with Gasteiger partial charge in [0.05, 0.1) is 11.4 Å². The zero-order chi connectivity index (χ0) is 12.2. The number of nitrogens with zero attached hydrogens (tertiary/aromatic N) is 4. The Hall–Kier alpha value is -2.76. The van der Waals surface area contributed by atoms with Gasteiger partial charge in [-0.15, -0.1) is 0 Å². The van der Waals surface area contributed by atoms with Gasteiger partial charge in [-0.25, -0.2) is 11.1 Å². The maximum absolute atomic E-state index is 4.27. The number of hydrazine groups is 1. The van der Waals surface area contributed by atoms with Crippen molar-refractivity contribution in [2.45, 2.75) is 0 Å². The monoisotopic (exact) mass is 238 g/mol. The van der Waals surface area contributed by atoms with Gasteiger partial charge in [-0.1, -0.05) is 12.1 Å². The van der Waals surface area contributed by atoms with E-state index >= 15 is 0 Å². The molecule has 2 aromatic rings. The highest BCUT2D eigenvalue weighted by Crippen LogP contribution is 2.07. The van der Waals surface area contributed by atoms with Crippen molar-refractivity contribution >= 4 is 11.4 Å². The van der Waals surface area contributed by atoms with Gasteiger partial charge in [0.2, 0.25) is 0 Å². The second-order valence-electron chi connectivity index (χ2n) is 3.57. The van der Waals surface area contributed by atoms with Crippen molar-refractivity contribution in [3.8, 4) is 0 Å². The van der Waals surface area contributed by atoms with Crippen molar-refractivity contribution in [2.75, 3.05) is 0 Å². The third-order valence-corrected chi connectivity index (χ3v) is 2.42. The largest absolute Gasteiger partial charge is 0.254 e. The third kappa shape index (κ3) is 1.91. The maximum Gasteiger partial charge on any atom is 0.140 e. The lowest BCUT2D eigenvalue weighted by atomic mass is 10.1. The van der Waals surface area contributed by atoms with Crippen LogP contribution >= 0.6 is 0 Å². The van der Waals surface area contributed by atoms with Crippen LogP contribution in [0, 0.1) is 0 Å². The van der Waals surface area contributed by atoms with Crippen molar-refractivity contribution < 1.29 is 0 Å². The molecule has 6 nitrogen and oxygen atoms in total. The third-order valence-electron chi connectivity index (χ3n) is 2.42. The average molecular weight is 238 g/mol. The smallest absolute Gasteiger partial charge is 0.140 e. The molecule has 2 aromatic heterocycles. The molecule has 0 bridgehead atoms. The average Bonchev–Trinajstić information content (AvgIpc) is 2.49. The lowest BCUT2D eigenvalue weighted by Crippen LogP contribution is -2.35. The van der Waals surface area contributed by atoms with Crippen LogP contribution in [0.4, 0.5) is 0 Å². The topological polar surface area (TPSA) is 74.6 Å². The van der Waals surface area contributed by atoms with Gasteiger partial charge >= 0.3 is 0 Å². The maximum atomic E-state index is 4.27. The second-order valence-corrected chi connectivity index (χ2v) is 3.57. The molecule has 0 aliphatic carbocycles. The van der Waals surface area contributed by atoms with E-state index in [1.54, 1.807) is 12.4 Å². The fraction of sp³-hybridized carbons (Fsp3) is 0. The number of aromatic nitrogens is 2. The lowest BCUT2D eigenvalue weighted by molar-refractivity contribution is 0.579. The van der Waals surface area contributed by atoms with Gasteiger partial charge in [-0.05, 0) is 24.3 Å². The van der Waals surface area contributed by atoms with E-state index in [-0.39, 0.29) is 0 Å². The van der Waals surface area contributed by atoms with Crippen molar-refractivity contribution in [3.05, 3.63) is 60.2 Å². The Kier molecular flexibility index (Phi) is 2.67. The molecule has 6 heteroatoms. The van der Waals surface area contributed by atoms with Crippen LogP contribution in [0.3, 0.4) is 0 Å². The first kappa shape index (κ1) is 10.4. The minimum Gasteiger partial charge on any atom is -0.254 e. The van der Waals surface area contributed by atoms with Crippen molar-refractivity contribution in [1.82, 2.24) is 21.0 Å². The molecule has 0 unspecified atom stereocenters. The molecule has 3 heterocycles. The second kappa shape index (κ2) is 4.62. The van der Waals surface area contributed by atoms with Gasteiger partial charge in [-0.2, -0.15) is 10.2 Å². The molecule has 88 valence electrons. The molecule has 0 saturated heterocycles. The highest BCUT2D eigenvalue weighted by Gasteiger charge is 2.18. The summed E-state index contributed by atoms with van der Waals surface area (Å²) in [5.74, 6) is 0. The molecule has 18 heavy (non-hydrogen) atoms. The minimum absolute atomic E-state index is 0.660. The van der Waals surface area contributed by atoms with Crippen LogP contribution in [-0.4, -0.2) is 21.4 Å². The summed E-state index contributed by atoms with van der Waals surface area (Å²) in [5.41, 5.74) is 8.04. The van der Waals surface area contributed by atoms with Gasteiger partial charge in [0.25, 0.3) is 0 Å². The summed E-state index contributed by atoms with van der Waals surface area (Å²) in [6.45, 7) is 0. The van der Waals surface area contributed by atoms with Crippen LogP contribution < -0.4 is 11.1 Å². The number of hydrogen-bond donors (Lipinski definition) is 2. The Balaban J connectivity index is 2.04. The summed E-state index contributed by atoms with van der Waals surface area (Å²) in [4.78, 5) is 8.54. The molecule has 0 radical (unpaired) electrons. The fourth-order valence-corrected chi connectivity index (χ4v) is 1.63. The quantitative estimate of drug-likeness (QED) is 0.807. The van der Waals surface area contributed by atoms with Crippen molar-refractivity contribution in [2.24, 2.45) is 10.2 Å². The molecule has 2 N–H and O–H groups in total. The summed E-state index contributed by atoms with van der Waals surface area (Å²) in [6.07, 6.45) is 3.44. The summed E-state index contributed by atoms with van der Waals surface area (Å²) >= 11 is 0. The van der Waals surface area contributed by atoms with Crippen LogP contribution in [0.1, 0.15) is 11.4 Å². The van der Waals surface area contributed by atoms with E-state index < -0.39 is 0 Å². The van der Waals surface area contributed by atoms with E-state index in [1.807, 2.05) is 36.4 Å². The molecular formula is C12H10N6. The molecule has 0 spiro atoms. The molecule has 0 amide bonds. The van der Waals surface area contributed by atoms with Gasteiger partial charge in [0, 0.05) is 12.4 Å². The first-order chi connectivity index (χ1) is 8.95. The van der Waals surface area contributed by atoms with E-state index in [0.717, 1.165) is 11.4 Å². The van der Waals surface area contributed by atoms with Crippen LogP contribution in [0.15, 0.2) is 59.0 Å². The molecule has 0 atom stereocenters. The Bertz CT molecular complexity index is 535. The zero-order valence-corrected chi connectivity index (χ0v) is 9.41. The first-order valence-electron chi connectivity index (χ1n) is 5.44. The zero-order valence-electron chi connectivity index (χ0n) is 9.41. The summed E-state index contributed by atoms with van der Waals surface area (Å²) in [5, 5.41) is 8.36. The van der Waals surface area contributed by atoms with E-state index in [4.69, 9.17) is 0 Å². The SMILES string of the molecule is c1ccc(C2=NNNN=C2c2ccccn2)nc1. The number of pyridine rings is 2. The van der Waals surface area contributed by atoms with E-state index in [2.05, 4.69) is 31.2 Å². The van der Waals surface area contributed by atoms with Crippen molar-refractivity contribution in [1.29, 1.82) is 0 Å². The van der Waals surface area contributed by atoms with Crippen LogP contribution in [0.2, 0.25) is 0 Å². The van der Waals surface area contributed by atoms with Crippen molar-refractivity contribution in [3.63, 3.8) is 0 Å². The molecule has 0 fully saturated rings. The van der Waals surface area contributed by atoms with Crippen LogP contribution in [-0.2, 0) is 0 Å². The van der Waals surface area contributed by atoms with Gasteiger partial charge < -0.3 is 0 Å². The molecule has 0 saturated carbocycles. The summed E-state index contributed by atoms with van der Waals surface area (Å²) in [7, 11) is 0. The Morgan fingerprint density at radius 1 is 0.667 bits per heavy atom.